The SMILES string of the molecule is C=CC(=O)N1CCN(c2nc(OC[C@@H]3CCCN3CCCCCCNC(=O)CN3CCN(CC(=O)O)CCN(CC(=O)O)CCN(CC(=O)O)CC3)nc3c2CCN(c2cccc4cccc(Cl)c24)C3)C[C@@H]1CC#N.[Lu]. The van der Waals surface area contributed by atoms with E-state index < -0.39 is 17.9 Å². The molecule has 4 N–H and O–H groups in total. The minimum absolute atomic E-state index is 0. The summed E-state index contributed by atoms with van der Waals surface area (Å²) in [6.07, 6.45) is 7.96. The fourth-order valence-electron chi connectivity index (χ4n) is 10.8. The second-order valence-corrected chi connectivity index (χ2v) is 20.3. The number of rotatable bonds is 22. The number of nitrogens with zero attached hydrogens (tertiary/aromatic N) is 11. The summed E-state index contributed by atoms with van der Waals surface area (Å²) in [6.45, 7) is 11.3. The van der Waals surface area contributed by atoms with Crippen molar-refractivity contribution in [2.45, 2.75) is 70.0 Å². The first-order valence-corrected chi connectivity index (χ1v) is 26.7. The second-order valence-electron chi connectivity index (χ2n) is 19.9. The number of nitriles is 1. The average Bonchev–Trinajstić information content (AvgIpc) is 3.86. The number of nitrogens with one attached hydrogen (secondary N) is 1. The molecule has 4 aliphatic rings. The molecule has 421 valence electrons. The van der Waals surface area contributed by atoms with Gasteiger partial charge in [-0.25, -0.2) is 0 Å². The summed E-state index contributed by atoms with van der Waals surface area (Å²) in [5.41, 5.74) is 2.96. The maximum Gasteiger partial charge on any atom is 0.318 e. The molecular formula is C53H73ClLuN12O9. The molecule has 0 saturated carbocycles. The minimum atomic E-state index is -1.01. The number of carboxylic acids is 3. The fraction of sp³-hybridized carbons (Fsp3) is 0.585. The van der Waals surface area contributed by atoms with Crippen LogP contribution in [-0.4, -0.2) is 227 Å². The molecule has 3 aromatic rings. The van der Waals surface area contributed by atoms with Crippen LogP contribution in [0.25, 0.3) is 10.8 Å². The first kappa shape index (κ1) is 60.3. The Hall–Kier alpha value is -4.92. The van der Waals surface area contributed by atoms with E-state index in [0.717, 1.165) is 91.7 Å². The minimum Gasteiger partial charge on any atom is -0.480 e. The van der Waals surface area contributed by atoms with Crippen molar-refractivity contribution in [1.82, 2.24) is 44.7 Å². The number of aromatic nitrogens is 2. The van der Waals surface area contributed by atoms with Crippen LogP contribution in [0.15, 0.2) is 49.1 Å². The number of benzene rings is 2. The van der Waals surface area contributed by atoms with E-state index in [-0.39, 0.29) is 93.4 Å². The number of hydrogen-bond donors (Lipinski definition) is 4. The largest absolute Gasteiger partial charge is 0.480 e. The van der Waals surface area contributed by atoms with Gasteiger partial charge in [-0.2, -0.15) is 15.2 Å². The monoisotopic (exact) mass is 1230 g/mol. The molecule has 76 heavy (non-hydrogen) atoms. The number of aliphatic carboxylic acids is 3. The molecule has 5 heterocycles. The van der Waals surface area contributed by atoms with Gasteiger partial charge in [0.15, 0.2) is 0 Å². The van der Waals surface area contributed by atoms with Crippen LogP contribution >= 0.6 is 11.6 Å². The Bertz CT molecular complexity index is 2480. The zero-order chi connectivity index (χ0) is 53.3. The Morgan fingerprint density at radius 2 is 1.38 bits per heavy atom. The molecule has 3 saturated heterocycles. The zero-order valence-corrected chi connectivity index (χ0v) is 45.7. The summed E-state index contributed by atoms with van der Waals surface area (Å²) >= 11 is 6.80. The molecule has 2 amide bonds. The predicted molar refractivity (Wildman–Crippen MR) is 284 cm³/mol. The number of likely N-dealkylation sites (tertiary alicyclic amines) is 1. The number of carbonyl (C=O) groups is 5. The van der Waals surface area contributed by atoms with Gasteiger partial charge in [0.25, 0.3) is 0 Å². The summed E-state index contributed by atoms with van der Waals surface area (Å²) < 4.78 is 6.55. The predicted octanol–water partition coefficient (Wildman–Crippen LogP) is 2.96. The van der Waals surface area contributed by atoms with Gasteiger partial charge < -0.3 is 40.1 Å². The number of ether oxygens (including phenoxy) is 1. The average molecular weight is 1230 g/mol. The first-order valence-electron chi connectivity index (χ1n) is 26.3. The van der Waals surface area contributed by atoms with Gasteiger partial charge in [-0.15, -0.1) is 0 Å². The van der Waals surface area contributed by atoms with Gasteiger partial charge >= 0.3 is 23.9 Å². The van der Waals surface area contributed by atoms with Gasteiger partial charge in [0.05, 0.1) is 62.0 Å². The fourth-order valence-corrected chi connectivity index (χ4v) is 11.1. The summed E-state index contributed by atoms with van der Waals surface area (Å²) in [5.74, 6) is -2.57. The molecule has 21 nitrogen and oxygen atoms in total. The molecular weight excluding hydrogens is 1160 g/mol. The van der Waals surface area contributed by atoms with Gasteiger partial charge in [0, 0.05) is 145 Å². The topological polar surface area (TPSA) is 243 Å². The van der Waals surface area contributed by atoms with E-state index in [1.807, 2.05) is 17.0 Å². The molecule has 3 fully saturated rings. The standard InChI is InChI=1S/C53H73ClN12O9.Lu/c1-2-47(68)66-31-30-65(32-40(66)15-17-55)52-42-16-21-64(45-14-8-11-39-10-7-13-43(54)51(39)45)33-44(42)57-53(58-52)75-38-41-12-9-20-63(41)19-6-4-3-5-18-56-46(67)34-59-22-24-60(35-48(69)70)26-28-62(37-50(73)74)29-27-61(25-23-59)36-49(71)72;/h2,7-8,10-11,13-14,40-41H,1,3-6,9,12,15-16,18-38H2,(H,56,67)(H,69,70)(H,71,72)(H,73,74);/t40-,41-;/m0./s1. The summed E-state index contributed by atoms with van der Waals surface area (Å²) in [6, 6.07) is 14.6. The van der Waals surface area contributed by atoms with E-state index in [9.17, 15) is 44.6 Å². The van der Waals surface area contributed by atoms with Crippen molar-refractivity contribution in [3.05, 3.63) is 65.3 Å². The van der Waals surface area contributed by atoms with Crippen LogP contribution in [-0.2, 0) is 36.9 Å². The van der Waals surface area contributed by atoms with Crippen molar-refractivity contribution < 1.29 is 80.9 Å². The number of amides is 2. The molecule has 23 heteroatoms. The van der Waals surface area contributed by atoms with E-state index >= 15 is 0 Å². The molecule has 4 aliphatic heterocycles. The summed E-state index contributed by atoms with van der Waals surface area (Å²) in [5, 5.41) is 44.0. The first-order chi connectivity index (χ1) is 36.3. The molecule has 0 aliphatic carbocycles. The number of carbonyl (C=O) groups excluding carboxylic acids is 2. The van der Waals surface area contributed by atoms with E-state index in [1.165, 1.54) is 6.08 Å². The number of halogens is 1. The van der Waals surface area contributed by atoms with Gasteiger partial charge in [0.2, 0.25) is 11.8 Å². The Morgan fingerprint density at radius 1 is 0.763 bits per heavy atom. The Labute approximate surface area is 479 Å². The van der Waals surface area contributed by atoms with Crippen LogP contribution < -0.4 is 19.9 Å². The molecule has 2 atom stereocenters. The number of unbranched alkanes of at least 4 members (excludes halogenated alkanes) is 3. The van der Waals surface area contributed by atoms with Crippen molar-refractivity contribution in [1.29, 1.82) is 5.26 Å². The van der Waals surface area contributed by atoms with Crippen molar-refractivity contribution in [3.8, 4) is 12.1 Å². The molecule has 1 aromatic heterocycles. The van der Waals surface area contributed by atoms with Crippen LogP contribution in [0.4, 0.5) is 11.5 Å². The van der Waals surface area contributed by atoms with E-state index in [1.54, 1.807) is 19.6 Å². The molecule has 2 aromatic carbocycles. The van der Waals surface area contributed by atoms with Crippen molar-refractivity contribution >= 4 is 63.6 Å². The second kappa shape index (κ2) is 30.3. The molecule has 0 unspecified atom stereocenters. The van der Waals surface area contributed by atoms with Crippen LogP contribution in [0.1, 0.15) is 56.2 Å². The third-order valence-electron chi connectivity index (χ3n) is 14.7. The quantitative estimate of drug-likeness (QED) is 0.0835. The molecule has 1 radical (unpaired) electrons. The van der Waals surface area contributed by atoms with E-state index in [2.05, 4.69) is 56.9 Å². The zero-order valence-electron chi connectivity index (χ0n) is 43.3. The molecule has 7 rings (SSSR count). The van der Waals surface area contributed by atoms with Crippen molar-refractivity contribution in [2.24, 2.45) is 0 Å². The summed E-state index contributed by atoms with van der Waals surface area (Å²) in [7, 11) is 0. The van der Waals surface area contributed by atoms with Crippen LogP contribution in [0.5, 0.6) is 6.01 Å². The number of carboxylic acid groups (broad SMARTS) is 3. The van der Waals surface area contributed by atoms with Gasteiger partial charge in [0.1, 0.15) is 12.4 Å². The van der Waals surface area contributed by atoms with Crippen molar-refractivity contribution in [3.63, 3.8) is 0 Å². The number of anilines is 2. The smallest absolute Gasteiger partial charge is 0.318 e. The number of fused-ring (bicyclic) bond motifs is 2. The van der Waals surface area contributed by atoms with Gasteiger partial charge in [-0.05, 0) is 68.8 Å². The van der Waals surface area contributed by atoms with Crippen LogP contribution in [0, 0.1) is 48.2 Å². The van der Waals surface area contributed by atoms with Gasteiger partial charge in [-0.3, -0.25) is 48.5 Å². The van der Waals surface area contributed by atoms with E-state index in [4.69, 9.17) is 26.3 Å². The van der Waals surface area contributed by atoms with Crippen LogP contribution in [0.2, 0.25) is 5.02 Å². The number of hydrogen-bond acceptors (Lipinski definition) is 16. The maximum atomic E-state index is 13.2. The molecule has 0 spiro atoms. The normalized spacial score (nSPS) is 19.7. The Kier molecular flexibility index (Phi) is 24.0. The van der Waals surface area contributed by atoms with Gasteiger partial charge in [-0.1, -0.05) is 55.3 Å². The Morgan fingerprint density at radius 3 is 2.00 bits per heavy atom. The third kappa shape index (κ3) is 17.5. The van der Waals surface area contributed by atoms with E-state index in [0.29, 0.717) is 109 Å². The third-order valence-corrected chi connectivity index (χ3v) is 15.0. The van der Waals surface area contributed by atoms with Crippen LogP contribution in [0.3, 0.4) is 0 Å². The Balaban J connectivity index is 0.00000937. The summed E-state index contributed by atoms with van der Waals surface area (Å²) in [4.78, 5) is 86.8. The maximum absolute atomic E-state index is 13.2. The number of piperazine rings is 1. The van der Waals surface area contributed by atoms with Crippen molar-refractivity contribution in [2.75, 3.05) is 141 Å². The molecule has 0 bridgehead atoms.